The predicted octanol–water partition coefficient (Wildman–Crippen LogP) is 3.24. The summed E-state index contributed by atoms with van der Waals surface area (Å²) in [5.74, 6) is 0. The normalized spacial score (nSPS) is 16.2. The first-order chi connectivity index (χ1) is 11.8. The summed E-state index contributed by atoms with van der Waals surface area (Å²) in [7, 11) is -3.47. The summed E-state index contributed by atoms with van der Waals surface area (Å²) in [6.07, 6.45) is 0. The van der Waals surface area contributed by atoms with Gasteiger partial charge in [-0.1, -0.05) is 0 Å². The topological polar surface area (TPSA) is 83.8 Å². The molecule has 25 heavy (non-hydrogen) atoms. The van der Waals surface area contributed by atoms with Crippen LogP contribution in [-0.2, 0) is 10.0 Å². The van der Waals surface area contributed by atoms with Gasteiger partial charge in [-0.2, -0.15) is 4.31 Å². The minimum absolute atomic E-state index is 0.0910. The number of piperazine rings is 1. The number of sulfonamides is 1. The third-order valence-electron chi connectivity index (χ3n) is 4.12. The lowest BCUT2D eigenvalue weighted by Gasteiger charge is -2.35. The predicted molar refractivity (Wildman–Crippen MR) is 101 cm³/mol. The number of nitro benzene ring substituents is 1. The van der Waals surface area contributed by atoms with Crippen molar-refractivity contribution in [1.82, 2.24) is 4.31 Å². The Kier molecular flexibility index (Phi) is 5.14. The summed E-state index contributed by atoms with van der Waals surface area (Å²) in [6.45, 7) is 3.56. The van der Waals surface area contributed by atoms with Gasteiger partial charge in [0, 0.05) is 43.5 Å². The van der Waals surface area contributed by atoms with Gasteiger partial charge in [0.15, 0.2) is 0 Å². The van der Waals surface area contributed by atoms with Gasteiger partial charge in [-0.05, 0) is 47.1 Å². The smallest absolute Gasteiger partial charge is 0.272 e. The van der Waals surface area contributed by atoms with E-state index in [1.807, 2.05) is 4.90 Å². The highest BCUT2D eigenvalue weighted by Gasteiger charge is 2.30. The molecule has 1 aromatic carbocycles. The van der Waals surface area contributed by atoms with E-state index in [2.05, 4.69) is 15.9 Å². The second-order valence-electron chi connectivity index (χ2n) is 5.68. The van der Waals surface area contributed by atoms with Crippen LogP contribution < -0.4 is 4.90 Å². The van der Waals surface area contributed by atoms with Crippen LogP contribution in [0.1, 0.15) is 5.56 Å². The van der Waals surface area contributed by atoms with E-state index in [1.54, 1.807) is 31.2 Å². The van der Waals surface area contributed by atoms with Crippen molar-refractivity contribution in [2.24, 2.45) is 0 Å². The Bertz CT molecular complexity index is 905. The summed E-state index contributed by atoms with van der Waals surface area (Å²) in [6, 6.07) is 8.32. The molecule has 3 rings (SSSR count). The number of nitro groups is 1. The Morgan fingerprint density at radius 2 is 1.84 bits per heavy atom. The first-order valence-electron chi connectivity index (χ1n) is 7.54. The summed E-state index contributed by atoms with van der Waals surface area (Å²) >= 11 is 4.49. The number of anilines is 1. The molecule has 1 aliphatic rings. The van der Waals surface area contributed by atoms with Crippen LogP contribution in [0.3, 0.4) is 0 Å². The fourth-order valence-corrected chi connectivity index (χ4v) is 6.38. The number of hydrogen-bond acceptors (Lipinski definition) is 6. The van der Waals surface area contributed by atoms with Crippen LogP contribution in [0.2, 0.25) is 0 Å². The van der Waals surface area contributed by atoms with Crippen LogP contribution in [0.4, 0.5) is 11.4 Å². The second kappa shape index (κ2) is 7.02. The molecule has 1 aliphatic heterocycles. The van der Waals surface area contributed by atoms with Crippen molar-refractivity contribution in [3.8, 4) is 0 Å². The molecule has 1 aromatic heterocycles. The molecule has 0 spiro atoms. The number of rotatable bonds is 4. The van der Waals surface area contributed by atoms with E-state index in [-0.39, 0.29) is 5.69 Å². The zero-order chi connectivity index (χ0) is 18.2. The molecule has 0 unspecified atom stereocenters. The molecule has 2 heterocycles. The molecule has 0 bridgehead atoms. The van der Waals surface area contributed by atoms with E-state index in [0.29, 0.717) is 36.0 Å². The van der Waals surface area contributed by atoms with Crippen molar-refractivity contribution in [2.45, 2.75) is 11.1 Å². The lowest BCUT2D eigenvalue weighted by molar-refractivity contribution is -0.385. The van der Waals surface area contributed by atoms with Gasteiger partial charge in [0.1, 0.15) is 4.21 Å². The summed E-state index contributed by atoms with van der Waals surface area (Å²) in [5, 5.41) is 10.9. The van der Waals surface area contributed by atoms with E-state index in [9.17, 15) is 18.5 Å². The molecule has 0 radical (unpaired) electrons. The van der Waals surface area contributed by atoms with Gasteiger partial charge in [-0.15, -0.1) is 11.3 Å². The van der Waals surface area contributed by atoms with Crippen molar-refractivity contribution in [2.75, 3.05) is 31.1 Å². The van der Waals surface area contributed by atoms with E-state index in [4.69, 9.17) is 0 Å². The molecule has 0 aliphatic carbocycles. The zero-order valence-electron chi connectivity index (χ0n) is 13.4. The number of halogens is 1. The van der Waals surface area contributed by atoms with Crippen LogP contribution in [0.25, 0.3) is 0 Å². The van der Waals surface area contributed by atoms with E-state index in [1.165, 1.54) is 21.7 Å². The van der Waals surface area contributed by atoms with Crippen LogP contribution in [0.5, 0.6) is 0 Å². The van der Waals surface area contributed by atoms with Crippen molar-refractivity contribution >= 4 is 48.7 Å². The molecule has 134 valence electrons. The average molecular weight is 446 g/mol. The van der Waals surface area contributed by atoms with Crippen molar-refractivity contribution in [1.29, 1.82) is 0 Å². The van der Waals surface area contributed by atoms with Crippen molar-refractivity contribution in [3.63, 3.8) is 0 Å². The van der Waals surface area contributed by atoms with Crippen molar-refractivity contribution < 1.29 is 13.3 Å². The summed E-state index contributed by atoms with van der Waals surface area (Å²) in [4.78, 5) is 12.6. The first kappa shape index (κ1) is 18.3. The van der Waals surface area contributed by atoms with Crippen LogP contribution >= 0.6 is 27.3 Å². The molecule has 7 nitrogen and oxygen atoms in total. The van der Waals surface area contributed by atoms with E-state index in [0.717, 1.165) is 9.47 Å². The standard InChI is InChI=1S/C15H16BrN3O4S2/c1-11-10-12(2-3-13(11)19(20)21)17-6-8-18(9-7-17)25(22,23)15-5-4-14(16)24-15/h2-5,10H,6-9H2,1H3. The third-order valence-corrected chi connectivity index (χ3v) is 8.11. The Balaban J connectivity index is 1.72. The molecule has 1 saturated heterocycles. The highest BCUT2D eigenvalue weighted by atomic mass is 79.9. The number of hydrogen-bond donors (Lipinski definition) is 0. The van der Waals surface area contributed by atoms with Crippen LogP contribution in [-0.4, -0.2) is 43.8 Å². The van der Waals surface area contributed by atoms with Crippen LogP contribution in [0.15, 0.2) is 38.3 Å². The monoisotopic (exact) mass is 445 g/mol. The maximum Gasteiger partial charge on any atom is 0.272 e. The minimum Gasteiger partial charge on any atom is -0.369 e. The second-order valence-corrected chi connectivity index (χ2v) is 10.3. The zero-order valence-corrected chi connectivity index (χ0v) is 16.6. The maximum absolute atomic E-state index is 12.6. The molecule has 10 heteroatoms. The van der Waals surface area contributed by atoms with E-state index < -0.39 is 14.9 Å². The third kappa shape index (κ3) is 3.71. The van der Waals surface area contributed by atoms with Gasteiger partial charge in [0.25, 0.3) is 15.7 Å². The number of aryl methyl sites for hydroxylation is 1. The molecule has 2 aromatic rings. The van der Waals surface area contributed by atoms with Gasteiger partial charge in [0.05, 0.1) is 8.71 Å². The van der Waals surface area contributed by atoms with Crippen molar-refractivity contribution in [3.05, 3.63) is 49.8 Å². The fraction of sp³-hybridized carbons (Fsp3) is 0.333. The average Bonchev–Trinajstić information content (AvgIpc) is 3.02. The lowest BCUT2D eigenvalue weighted by atomic mass is 10.1. The molecule has 0 atom stereocenters. The summed E-state index contributed by atoms with van der Waals surface area (Å²) in [5.41, 5.74) is 1.56. The SMILES string of the molecule is Cc1cc(N2CCN(S(=O)(=O)c3ccc(Br)s3)CC2)ccc1[N+](=O)[O-]. The largest absolute Gasteiger partial charge is 0.369 e. The fourth-order valence-electron chi connectivity index (χ4n) is 2.79. The molecular formula is C15H16BrN3O4S2. The summed E-state index contributed by atoms with van der Waals surface area (Å²) < 4.78 is 27.9. The molecule has 0 amide bonds. The Morgan fingerprint density at radius 1 is 1.16 bits per heavy atom. The maximum atomic E-state index is 12.6. The first-order valence-corrected chi connectivity index (χ1v) is 10.6. The highest BCUT2D eigenvalue weighted by Crippen LogP contribution is 2.30. The minimum atomic E-state index is -3.47. The number of nitrogens with zero attached hydrogens (tertiary/aromatic N) is 3. The molecule has 0 saturated carbocycles. The van der Waals surface area contributed by atoms with Crippen LogP contribution in [0, 0.1) is 17.0 Å². The highest BCUT2D eigenvalue weighted by molar-refractivity contribution is 9.11. The Morgan fingerprint density at radius 3 is 2.36 bits per heavy atom. The molecular weight excluding hydrogens is 430 g/mol. The number of benzene rings is 1. The molecule has 0 N–H and O–H groups in total. The molecule has 1 fully saturated rings. The quantitative estimate of drug-likeness (QED) is 0.532. The van der Waals surface area contributed by atoms with Gasteiger partial charge in [-0.3, -0.25) is 10.1 Å². The van der Waals surface area contributed by atoms with Gasteiger partial charge in [-0.25, -0.2) is 8.42 Å². The van der Waals surface area contributed by atoms with E-state index >= 15 is 0 Å². The number of thiophene rings is 1. The Labute approximate surface area is 158 Å². The Hall–Kier alpha value is -1.49. The lowest BCUT2D eigenvalue weighted by Crippen LogP contribution is -2.48. The van der Waals surface area contributed by atoms with Gasteiger partial charge in [0.2, 0.25) is 0 Å². The van der Waals surface area contributed by atoms with Gasteiger partial charge < -0.3 is 4.90 Å². The van der Waals surface area contributed by atoms with Gasteiger partial charge >= 0.3 is 0 Å².